The summed E-state index contributed by atoms with van der Waals surface area (Å²) in [5.41, 5.74) is 0. The summed E-state index contributed by atoms with van der Waals surface area (Å²) in [6, 6.07) is 0. The molecule has 1 N–H and O–H groups in total. The van der Waals surface area contributed by atoms with Gasteiger partial charge in [-0.25, -0.2) is 0 Å². The second-order valence-electron chi connectivity index (χ2n) is 9.48. The summed E-state index contributed by atoms with van der Waals surface area (Å²) in [5.74, 6) is -0.611. The van der Waals surface area contributed by atoms with Gasteiger partial charge in [-0.1, -0.05) is 103 Å². The first-order chi connectivity index (χ1) is 16.6. The quantitative estimate of drug-likeness (QED) is 0.0815. The van der Waals surface area contributed by atoms with Crippen LogP contribution in [-0.4, -0.2) is 36.4 Å². The lowest BCUT2D eigenvalue weighted by molar-refractivity contribution is -0.161. The molecule has 0 aromatic heterocycles. The summed E-state index contributed by atoms with van der Waals surface area (Å²) < 4.78 is 10.4. The molecule has 0 aromatic carbocycles. The van der Waals surface area contributed by atoms with Crippen molar-refractivity contribution in [1.29, 1.82) is 0 Å². The van der Waals surface area contributed by atoms with E-state index in [4.69, 9.17) is 9.47 Å². The molecule has 0 aliphatic carbocycles. The van der Waals surface area contributed by atoms with Crippen molar-refractivity contribution < 1.29 is 24.2 Å². The van der Waals surface area contributed by atoms with Crippen LogP contribution in [0.1, 0.15) is 142 Å². The van der Waals surface area contributed by atoms with Gasteiger partial charge in [-0.3, -0.25) is 9.59 Å². The molecule has 0 saturated heterocycles. The van der Waals surface area contributed by atoms with Crippen LogP contribution in [0.4, 0.5) is 0 Å². The van der Waals surface area contributed by atoms with Crippen LogP contribution in [0.5, 0.6) is 0 Å². The summed E-state index contributed by atoms with van der Waals surface area (Å²) >= 11 is 0. The lowest BCUT2D eigenvalue weighted by Gasteiger charge is -2.15. The number of carbonyl (C=O) groups is 2. The SMILES string of the molecule is CCCCCCC/C=C\CCCCCCCC(=O)OC(CO)COC(=O)CCCCCCCC. The minimum Gasteiger partial charge on any atom is -0.462 e. The molecular weight excluding hydrogens is 428 g/mol. The summed E-state index contributed by atoms with van der Waals surface area (Å²) in [5, 5.41) is 9.40. The molecule has 0 radical (unpaired) electrons. The molecule has 5 nitrogen and oxygen atoms in total. The van der Waals surface area contributed by atoms with E-state index in [1.165, 1.54) is 70.6 Å². The molecule has 5 heteroatoms. The van der Waals surface area contributed by atoms with E-state index in [2.05, 4.69) is 26.0 Å². The molecule has 0 amide bonds. The van der Waals surface area contributed by atoms with Gasteiger partial charge in [0.15, 0.2) is 6.10 Å². The van der Waals surface area contributed by atoms with Gasteiger partial charge in [0.25, 0.3) is 0 Å². The van der Waals surface area contributed by atoms with Crippen molar-refractivity contribution in [2.45, 2.75) is 148 Å². The maximum Gasteiger partial charge on any atom is 0.306 e. The highest BCUT2D eigenvalue weighted by molar-refractivity contribution is 5.70. The predicted molar refractivity (Wildman–Crippen MR) is 141 cm³/mol. The fourth-order valence-electron chi connectivity index (χ4n) is 3.84. The Hall–Kier alpha value is -1.36. The van der Waals surface area contributed by atoms with Crippen LogP contribution in [-0.2, 0) is 19.1 Å². The third-order valence-corrected chi connectivity index (χ3v) is 6.06. The maximum absolute atomic E-state index is 12.0. The number of rotatable bonds is 25. The van der Waals surface area contributed by atoms with Crippen molar-refractivity contribution in [2.75, 3.05) is 13.2 Å². The molecule has 1 atom stereocenters. The zero-order valence-electron chi connectivity index (χ0n) is 22.4. The normalized spacial score (nSPS) is 12.2. The smallest absolute Gasteiger partial charge is 0.306 e. The fraction of sp³-hybridized carbons (Fsp3) is 0.862. The second kappa shape index (κ2) is 26.2. The van der Waals surface area contributed by atoms with Gasteiger partial charge in [0.2, 0.25) is 0 Å². The van der Waals surface area contributed by atoms with E-state index in [0.717, 1.165) is 44.9 Å². The molecule has 34 heavy (non-hydrogen) atoms. The number of unbranched alkanes of at least 4 members (excludes halogenated alkanes) is 15. The number of hydrogen-bond donors (Lipinski definition) is 1. The lowest BCUT2D eigenvalue weighted by Crippen LogP contribution is -2.28. The van der Waals surface area contributed by atoms with E-state index < -0.39 is 6.10 Å². The largest absolute Gasteiger partial charge is 0.462 e. The van der Waals surface area contributed by atoms with Gasteiger partial charge in [0.1, 0.15) is 6.61 Å². The molecule has 0 aliphatic heterocycles. The van der Waals surface area contributed by atoms with Crippen LogP contribution in [0.2, 0.25) is 0 Å². The summed E-state index contributed by atoms with van der Waals surface area (Å²) in [7, 11) is 0. The number of ether oxygens (including phenoxy) is 2. The van der Waals surface area contributed by atoms with Crippen molar-refractivity contribution in [1.82, 2.24) is 0 Å². The highest BCUT2D eigenvalue weighted by Gasteiger charge is 2.16. The molecule has 0 bridgehead atoms. The van der Waals surface area contributed by atoms with Crippen molar-refractivity contribution in [3.8, 4) is 0 Å². The molecular formula is C29H54O5. The predicted octanol–water partition coefficient (Wildman–Crippen LogP) is 7.83. The third kappa shape index (κ3) is 23.8. The Kier molecular flexibility index (Phi) is 25.2. The molecule has 0 aromatic rings. The van der Waals surface area contributed by atoms with Gasteiger partial charge in [-0.05, 0) is 38.5 Å². The molecule has 0 aliphatic rings. The number of aliphatic hydroxyl groups is 1. The Balaban J connectivity index is 3.60. The topological polar surface area (TPSA) is 72.8 Å². The first-order valence-electron chi connectivity index (χ1n) is 14.2. The van der Waals surface area contributed by atoms with Crippen LogP contribution >= 0.6 is 0 Å². The molecule has 0 spiro atoms. The Morgan fingerprint density at radius 1 is 0.647 bits per heavy atom. The van der Waals surface area contributed by atoms with Gasteiger partial charge in [0.05, 0.1) is 6.61 Å². The monoisotopic (exact) mass is 482 g/mol. The number of aliphatic hydroxyl groups excluding tert-OH is 1. The Morgan fingerprint density at radius 2 is 1.09 bits per heavy atom. The summed E-state index contributed by atoms with van der Waals surface area (Å²) in [6.45, 7) is 4.03. The molecule has 200 valence electrons. The minimum absolute atomic E-state index is 0.0663. The maximum atomic E-state index is 12.0. The zero-order valence-corrected chi connectivity index (χ0v) is 22.4. The standard InChI is InChI=1S/C29H54O5/c1-3-5-7-9-11-12-13-14-15-16-17-18-20-22-24-29(32)34-27(25-30)26-33-28(31)23-21-19-10-8-6-4-2/h13-14,27,30H,3-12,15-26H2,1-2H3/b14-13-. The zero-order chi connectivity index (χ0) is 25.1. The summed E-state index contributed by atoms with van der Waals surface area (Å²) in [4.78, 5) is 23.8. The first-order valence-corrected chi connectivity index (χ1v) is 14.2. The molecule has 0 fully saturated rings. The van der Waals surface area contributed by atoms with Gasteiger partial charge in [-0.15, -0.1) is 0 Å². The molecule has 0 saturated carbocycles. The van der Waals surface area contributed by atoms with Gasteiger partial charge < -0.3 is 14.6 Å². The van der Waals surface area contributed by atoms with Crippen LogP contribution < -0.4 is 0 Å². The highest BCUT2D eigenvalue weighted by atomic mass is 16.6. The van der Waals surface area contributed by atoms with E-state index in [-0.39, 0.29) is 25.2 Å². The van der Waals surface area contributed by atoms with Crippen LogP contribution in [0.25, 0.3) is 0 Å². The molecule has 0 rings (SSSR count). The number of allylic oxidation sites excluding steroid dienone is 2. The van der Waals surface area contributed by atoms with Crippen LogP contribution in [0.3, 0.4) is 0 Å². The Morgan fingerprint density at radius 3 is 1.59 bits per heavy atom. The lowest BCUT2D eigenvalue weighted by atomic mass is 10.1. The fourth-order valence-corrected chi connectivity index (χ4v) is 3.84. The van der Waals surface area contributed by atoms with E-state index in [1.807, 2.05) is 0 Å². The second-order valence-corrected chi connectivity index (χ2v) is 9.48. The number of esters is 2. The van der Waals surface area contributed by atoms with Gasteiger partial charge in [0, 0.05) is 12.8 Å². The van der Waals surface area contributed by atoms with Crippen LogP contribution in [0.15, 0.2) is 12.2 Å². The minimum atomic E-state index is -0.764. The third-order valence-electron chi connectivity index (χ3n) is 6.06. The number of carbonyl (C=O) groups excluding carboxylic acids is 2. The van der Waals surface area contributed by atoms with Crippen molar-refractivity contribution in [2.24, 2.45) is 0 Å². The average molecular weight is 483 g/mol. The van der Waals surface area contributed by atoms with Crippen molar-refractivity contribution in [3.05, 3.63) is 12.2 Å². The van der Waals surface area contributed by atoms with E-state index in [0.29, 0.717) is 12.8 Å². The molecule has 0 heterocycles. The van der Waals surface area contributed by atoms with Gasteiger partial charge in [-0.2, -0.15) is 0 Å². The van der Waals surface area contributed by atoms with E-state index >= 15 is 0 Å². The molecule has 1 unspecified atom stereocenters. The van der Waals surface area contributed by atoms with E-state index in [9.17, 15) is 14.7 Å². The number of hydrogen-bond acceptors (Lipinski definition) is 5. The summed E-state index contributed by atoms with van der Waals surface area (Å²) in [6.07, 6.45) is 25.6. The van der Waals surface area contributed by atoms with Gasteiger partial charge >= 0.3 is 11.9 Å². The highest BCUT2D eigenvalue weighted by Crippen LogP contribution is 2.11. The Bertz CT molecular complexity index is 489. The first kappa shape index (κ1) is 32.6. The Labute approximate surface area is 210 Å². The van der Waals surface area contributed by atoms with Crippen LogP contribution in [0, 0.1) is 0 Å². The van der Waals surface area contributed by atoms with Crippen molar-refractivity contribution in [3.63, 3.8) is 0 Å². The average Bonchev–Trinajstić information content (AvgIpc) is 2.84. The van der Waals surface area contributed by atoms with Crippen molar-refractivity contribution >= 4 is 11.9 Å². The van der Waals surface area contributed by atoms with E-state index in [1.54, 1.807) is 0 Å².